The van der Waals surface area contributed by atoms with Gasteiger partial charge in [0.2, 0.25) is 0 Å². The molecule has 0 bridgehead atoms. The molecule has 1 amide bonds. The molecule has 2 aromatic carbocycles. The van der Waals surface area contributed by atoms with Gasteiger partial charge in [0.1, 0.15) is 0 Å². The number of amides is 1. The molecule has 1 aliphatic heterocycles. The van der Waals surface area contributed by atoms with Crippen molar-refractivity contribution in [2.75, 3.05) is 37.5 Å². The highest BCUT2D eigenvalue weighted by Crippen LogP contribution is 2.37. The van der Waals surface area contributed by atoms with Crippen molar-refractivity contribution in [3.05, 3.63) is 47.5 Å². The predicted octanol–water partition coefficient (Wildman–Crippen LogP) is 4.97. The zero-order valence-electron chi connectivity index (χ0n) is 16.3. The van der Waals surface area contributed by atoms with E-state index < -0.39 is 17.6 Å². The van der Waals surface area contributed by atoms with Crippen LogP contribution >= 0.6 is 0 Å². The second-order valence-electron chi connectivity index (χ2n) is 6.80. The molecule has 1 aliphatic rings. The van der Waals surface area contributed by atoms with E-state index in [9.17, 15) is 18.0 Å². The molecule has 1 heterocycles. The van der Waals surface area contributed by atoms with Crippen molar-refractivity contribution < 1.29 is 27.4 Å². The number of nitrogens with zero attached hydrogens (tertiary/aromatic N) is 1. The maximum absolute atomic E-state index is 13.2. The lowest BCUT2D eigenvalue weighted by molar-refractivity contribution is -0.137. The van der Waals surface area contributed by atoms with Crippen LogP contribution in [0.1, 0.15) is 35.2 Å². The molecule has 0 radical (unpaired) electrons. The summed E-state index contributed by atoms with van der Waals surface area (Å²) < 4.78 is 50.0. The first-order valence-corrected chi connectivity index (χ1v) is 9.33. The molecule has 1 saturated heterocycles. The van der Waals surface area contributed by atoms with Crippen LogP contribution in [0.25, 0.3) is 0 Å². The van der Waals surface area contributed by atoms with Gasteiger partial charge in [0.05, 0.1) is 31.2 Å². The molecule has 0 atom stereocenters. The number of ether oxygens (including phenoxy) is 2. The van der Waals surface area contributed by atoms with Gasteiger partial charge in [-0.25, -0.2) is 0 Å². The van der Waals surface area contributed by atoms with Gasteiger partial charge in [-0.05, 0) is 55.7 Å². The molecule has 3 rings (SSSR count). The highest BCUT2D eigenvalue weighted by Gasteiger charge is 2.32. The number of benzene rings is 2. The van der Waals surface area contributed by atoms with Crippen molar-refractivity contribution in [2.24, 2.45) is 0 Å². The van der Waals surface area contributed by atoms with Gasteiger partial charge >= 0.3 is 6.18 Å². The van der Waals surface area contributed by atoms with Crippen molar-refractivity contribution in [3.63, 3.8) is 0 Å². The molecule has 0 spiro atoms. The summed E-state index contributed by atoms with van der Waals surface area (Å²) in [6.45, 7) is 1.48. The van der Waals surface area contributed by atoms with E-state index in [4.69, 9.17) is 9.47 Å². The number of halogens is 3. The molecule has 0 unspecified atom stereocenters. The third-order valence-corrected chi connectivity index (χ3v) is 4.91. The van der Waals surface area contributed by atoms with E-state index >= 15 is 0 Å². The van der Waals surface area contributed by atoms with Crippen LogP contribution in [-0.4, -0.2) is 33.2 Å². The molecule has 2 aromatic rings. The number of hydrogen-bond donors (Lipinski definition) is 1. The van der Waals surface area contributed by atoms with Gasteiger partial charge in [-0.1, -0.05) is 0 Å². The van der Waals surface area contributed by atoms with Crippen LogP contribution in [0.4, 0.5) is 24.5 Å². The molecule has 1 N–H and O–H groups in total. The third-order valence-electron chi connectivity index (χ3n) is 4.91. The lowest BCUT2D eigenvalue weighted by Gasteiger charge is -2.31. The fourth-order valence-electron chi connectivity index (χ4n) is 3.39. The van der Waals surface area contributed by atoms with Crippen LogP contribution in [0, 0.1) is 0 Å². The summed E-state index contributed by atoms with van der Waals surface area (Å²) in [6.07, 6.45) is -1.48. The Bertz CT molecular complexity index is 878. The Hall–Kier alpha value is -2.90. The summed E-state index contributed by atoms with van der Waals surface area (Å²) in [5, 5.41) is 2.65. The van der Waals surface area contributed by atoms with E-state index in [-0.39, 0.29) is 11.3 Å². The molecule has 0 saturated carbocycles. The number of carbonyl (C=O) groups excluding carboxylic acids is 1. The fourth-order valence-corrected chi connectivity index (χ4v) is 3.39. The van der Waals surface area contributed by atoms with Crippen LogP contribution in [0.15, 0.2) is 36.4 Å². The van der Waals surface area contributed by atoms with Crippen molar-refractivity contribution in [1.29, 1.82) is 0 Å². The van der Waals surface area contributed by atoms with Gasteiger partial charge in [-0.3, -0.25) is 4.79 Å². The largest absolute Gasteiger partial charge is 0.493 e. The second-order valence-corrected chi connectivity index (χ2v) is 6.80. The molecule has 29 heavy (non-hydrogen) atoms. The minimum atomic E-state index is -4.50. The Kier molecular flexibility index (Phi) is 6.20. The monoisotopic (exact) mass is 408 g/mol. The first-order chi connectivity index (χ1) is 13.8. The van der Waals surface area contributed by atoms with Crippen molar-refractivity contribution >= 4 is 17.3 Å². The minimum absolute atomic E-state index is 0.140. The number of alkyl halides is 3. The highest BCUT2D eigenvalue weighted by molar-refractivity contribution is 6.06. The van der Waals surface area contributed by atoms with Crippen LogP contribution in [-0.2, 0) is 6.18 Å². The first kappa shape index (κ1) is 20.8. The Morgan fingerprint density at radius 2 is 1.66 bits per heavy atom. The standard InChI is InChI=1S/C21H23F3N2O3/c1-28-18-9-6-14(12-19(18)29-2)20(27)25-16-13-15(21(22,23)24)7-8-17(16)26-10-4-3-5-11-26/h6-9,12-13H,3-5,10-11H2,1-2H3,(H,25,27). The van der Waals surface area contributed by atoms with Gasteiger partial charge in [0.15, 0.2) is 11.5 Å². The van der Waals surface area contributed by atoms with Gasteiger partial charge in [0, 0.05) is 18.7 Å². The lowest BCUT2D eigenvalue weighted by Crippen LogP contribution is -2.30. The second kappa shape index (κ2) is 8.63. The zero-order chi connectivity index (χ0) is 21.0. The smallest absolute Gasteiger partial charge is 0.416 e. The molecule has 8 heteroatoms. The topological polar surface area (TPSA) is 50.8 Å². The summed E-state index contributed by atoms with van der Waals surface area (Å²) in [7, 11) is 2.92. The van der Waals surface area contributed by atoms with Crippen LogP contribution in [0.2, 0.25) is 0 Å². The van der Waals surface area contributed by atoms with Crippen LogP contribution in [0.3, 0.4) is 0 Å². The van der Waals surface area contributed by atoms with E-state index in [1.165, 1.54) is 32.4 Å². The number of nitrogens with one attached hydrogen (secondary N) is 1. The summed E-state index contributed by atoms with van der Waals surface area (Å²) in [5.41, 5.74) is 0.179. The Balaban J connectivity index is 1.94. The number of rotatable bonds is 5. The lowest BCUT2D eigenvalue weighted by atomic mass is 10.1. The summed E-state index contributed by atoms with van der Waals surface area (Å²) in [6, 6.07) is 8.07. The first-order valence-electron chi connectivity index (χ1n) is 9.33. The molecular weight excluding hydrogens is 385 g/mol. The zero-order valence-corrected chi connectivity index (χ0v) is 16.3. The van der Waals surface area contributed by atoms with E-state index in [1.54, 1.807) is 6.07 Å². The van der Waals surface area contributed by atoms with Gasteiger partial charge in [-0.2, -0.15) is 13.2 Å². The van der Waals surface area contributed by atoms with Gasteiger partial charge < -0.3 is 19.7 Å². The quantitative estimate of drug-likeness (QED) is 0.759. The molecule has 156 valence electrons. The molecule has 0 aromatic heterocycles. The normalized spacial score (nSPS) is 14.4. The summed E-state index contributed by atoms with van der Waals surface area (Å²) in [5.74, 6) is 0.293. The number of anilines is 2. The molecule has 5 nitrogen and oxygen atoms in total. The Morgan fingerprint density at radius 3 is 2.28 bits per heavy atom. The van der Waals surface area contributed by atoms with Crippen molar-refractivity contribution in [3.8, 4) is 11.5 Å². The molecular formula is C21H23F3N2O3. The molecule has 1 fully saturated rings. The van der Waals surface area contributed by atoms with Crippen LogP contribution in [0.5, 0.6) is 11.5 Å². The molecule has 0 aliphatic carbocycles. The number of carbonyl (C=O) groups is 1. The van der Waals surface area contributed by atoms with Gasteiger partial charge in [-0.15, -0.1) is 0 Å². The van der Waals surface area contributed by atoms with E-state index in [2.05, 4.69) is 5.32 Å². The average Bonchev–Trinajstić information content (AvgIpc) is 2.73. The van der Waals surface area contributed by atoms with Crippen molar-refractivity contribution in [2.45, 2.75) is 25.4 Å². The number of piperidine rings is 1. The summed E-state index contributed by atoms with van der Waals surface area (Å²) >= 11 is 0. The van der Waals surface area contributed by atoms with E-state index in [0.717, 1.165) is 44.5 Å². The van der Waals surface area contributed by atoms with E-state index in [0.29, 0.717) is 17.2 Å². The average molecular weight is 408 g/mol. The summed E-state index contributed by atoms with van der Waals surface area (Å²) in [4.78, 5) is 14.8. The van der Waals surface area contributed by atoms with Crippen molar-refractivity contribution in [1.82, 2.24) is 0 Å². The highest BCUT2D eigenvalue weighted by atomic mass is 19.4. The van der Waals surface area contributed by atoms with Crippen LogP contribution < -0.4 is 19.7 Å². The fraction of sp³-hybridized carbons (Fsp3) is 0.381. The number of hydrogen-bond acceptors (Lipinski definition) is 4. The van der Waals surface area contributed by atoms with E-state index in [1.807, 2.05) is 4.90 Å². The number of methoxy groups -OCH3 is 2. The van der Waals surface area contributed by atoms with Gasteiger partial charge in [0.25, 0.3) is 5.91 Å². The maximum Gasteiger partial charge on any atom is 0.416 e. The Morgan fingerprint density at radius 1 is 0.966 bits per heavy atom. The maximum atomic E-state index is 13.2. The SMILES string of the molecule is COc1ccc(C(=O)Nc2cc(C(F)(F)F)ccc2N2CCCCC2)cc1OC. The minimum Gasteiger partial charge on any atom is -0.493 e. The third kappa shape index (κ3) is 4.75. The predicted molar refractivity (Wildman–Crippen MR) is 105 cm³/mol. The Labute approximate surface area is 167 Å².